The number of halogens is 4. The molecule has 2 amide bonds. The van der Waals surface area contributed by atoms with Gasteiger partial charge >= 0.3 is 6.18 Å². The summed E-state index contributed by atoms with van der Waals surface area (Å²) in [5.41, 5.74) is -2.93. The number of rotatable bonds is 7. The molecule has 2 aromatic rings. The van der Waals surface area contributed by atoms with Gasteiger partial charge in [0.25, 0.3) is 5.91 Å². The molecule has 12 heteroatoms. The molecule has 1 saturated carbocycles. The van der Waals surface area contributed by atoms with Crippen molar-refractivity contribution < 1.29 is 40.7 Å². The van der Waals surface area contributed by atoms with Gasteiger partial charge < -0.3 is 15.3 Å². The Balaban J connectivity index is 1.60. The number of carbonyl (C=O) groups is 2. The van der Waals surface area contributed by atoms with Crippen LogP contribution in [0.15, 0.2) is 47.4 Å². The molecule has 2 aliphatic rings. The zero-order valence-electron chi connectivity index (χ0n) is 20.8. The van der Waals surface area contributed by atoms with Gasteiger partial charge in [-0.25, -0.2) is 12.8 Å². The highest BCUT2D eigenvalue weighted by Gasteiger charge is 2.51. The summed E-state index contributed by atoms with van der Waals surface area (Å²) in [5, 5.41) is 13.4. The summed E-state index contributed by atoms with van der Waals surface area (Å²) in [6.07, 6.45) is -3.63. The lowest BCUT2D eigenvalue weighted by atomic mass is 9.96. The fourth-order valence-electron chi connectivity index (χ4n) is 4.82. The van der Waals surface area contributed by atoms with Crippen molar-refractivity contribution in [2.45, 2.75) is 74.3 Å². The number of hydrogen-bond donors (Lipinski definition) is 2. The lowest BCUT2D eigenvalue weighted by molar-refractivity contribution is -0.137. The summed E-state index contributed by atoms with van der Waals surface area (Å²) in [7, 11) is -3.58. The molecule has 0 unspecified atom stereocenters. The molecule has 1 saturated heterocycles. The molecule has 4 rings (SSSR count). The lowest BCUT2D eigenvalue weighted by Gasteiger charge is -2.31. The molecule has 1 aliphatic heterocycles. The van der Waals surface area contributed by atoms with Crippen molar-refractivity contribution in [3.63, 3.8) is 0 Å². The van der Waals surface area contributed by atoms with Crippen molar-refractivity contribution in [1.82, 2.24) is 10.2 Å². The molecule has 1 aliphatic carbocycles. The fourth-order valence-corrected chi connectivity index (χ4v) is 5.74. The van der Waals surface area contributed by atoms with Crippen LogP contribution < -0.4 is 5.32 Å². The Morgan fingerprint density at radius 2 is 1.84 bits per heavy atom. The highest BCUT2D eigenvalue weighted by molar-refractivity contribution is 7.91. The standard InChI is InChI=1S/C26H28F4N2O5S/c1-3-38(36,37)18-6-4-5-16(13-18)24(34)32-15(2)7-10-21(32)23(33)31-22(25(35)11-12-25)19-9-8-17(14-20(19)27)26(28,29)30/h4-6,8-9,13-15,21-22,35H,3,7,10-12H2,1-2H3,(H,31,33)/t15-,21-,22+/m1/s1. The minimum Gasteiger partial charge on any atom is -0.387 e. The van der Waals surface area contributed by atoms with Crippen molar-refractivity contribution in [2.24, 2.45) is 0 Å². The highest BCUT2D eigenvalue weighted by atomic mass is 32.2. The summed E-state index contributed by atoms with van der Waals surface area (Å²) in [5.74, 6) is -2.62. The van der Waals surface area contributed by atoms with Crippen LogP contribution in [-0.2, 0) is 20.8 Å². The second-order valence-corrected chi connectivity index (χ2v) is 12.1. The fraction of sp³-hybridized carbons (Fsp3) is 0.462. The first-order valence-corrected chi connectivity index (χ1v) is 13.9. The van der Waals surface area contributed by atoms with Crippen LogP contribution in [0.3, 0.4) is 0 Å². The minimum absolute atomic E-state index is 0.0208. The molecule has 7 nitrogen and oxygen atoms in total. The number of likely N-dealkylation sites (tertiary alicyclic amines) is 1. The molecule has 2 N–H and O–H groups in total. The van der Waals surface area contributed by atoms with Crippen LogP contribution in [-0.4, -0.2) is 53.7 Å². The predicted molar refractivity (Wildman–Crippen MR) is 129 cm³/mol. The molecule has 0 aromatic heterocycles. The maximum atomic E-state index is 14.8. The summed E-state index contributed by atoms with van der Waals surface area (Å²) in [6.45, 7) is 3.22. The van der Waals surface area contributed by atoms with Gasteiger partial charge in [0.1, 0.15) is 11.9 Å². The van der Waals surface area contributed by atoms with E-state index < -0.39 is 56.9 Å². The Labute approximate surface area is 217 Å². The van der Waals surface area contributed by atoms with E-state index in [-0.39, 0.29) is 47.1 Å². The first kappa shape index (κ1) is 28.0. The Hall–Kier alpha value is -2.99. The van der Waals surface area contributed by atoms with Crippen molar-refractivity contribution in [1.29, 1.82) is 0 Å². The number of aliphatic hydroxyl groups is 1. The van der Waals surface area contributed by atoms with E-state index in [2.05, 4.69) is 5.32 Å². The van der Waals surface area contributed by atoms with Crippen LogP contribution in [0.4, 0.5) is 17.6 Å². The third-order valence-corrected chi connectivity index (χ3v) is 8.98. The van der Waals surface area contributed by atoms with Crippen molar-refractivity contribution in [3.8, 4) is 0 Å². The van der Waals surface area contributed by atoms with E-state index in [9.17, 15) is 40.7 Å². The summed E-state index contributed by atoms with van der Waals surface area (Å²) in [6, 6.07) is 4.74. The lowest BCUT2D eigenvalue weighted by Crippen LogP contribution is -2.50. The predicted octanol–water partition coefficient (Wildman–Crippen LogP) is 4.01. The second kappa shape index (κ2) is 9.96. The number of sulfone groups is 1. The number of alkyl halides is 3. The largest absolute Gasteiger partial charge is 0.416 e. The summed E-state index contributed by atoms with van der Waals surface area (Å²) in [4.78, 5) is 28.1. The molecule has 2 aromatic carbocycles. The molecular weight excluding hydrogens is 528 g/mol. The quantitative estimate of drug-likeness (QED) is 0.502. The Bertz CT molecular complexity index is 1360. The Morgan fingerprint density at radius 1 is 1.16 bits per heavy atom. The third-order valence-electron chi connectivity index (χ3n) is 7.25. The van der Waals surface area contributed by atoms with Gasteiger partial charge in [0.15, 0.2) is 9.84 Å². The van der Waals surface area contributed by atoms with Crippen LogP contribution in [0, 0.1) is 5.82 Å². The molecule has 38 heavy (non-hydrogen) atoms. The average Bonchev–Trinajstić information content (AvgIpc) is 3.49. The number of benzene rings is 2. The maximum Gasteiger partial charge on any atom is 0.416 e. The molecule has 2 fully saturated rings. The van der Waals surface area contributed by atoms with E-state index in [4.69, 9.17) is 0 Å². The van der Waals surface area contributed by atoms with Crippen LogP contribution in [0.2, 0.25) is 0 Å². The number of amides is 2. The number of nitrogens with zero attached hydrogens (tertiary/aromatic N) is 1. The Kier molecular flexibility index (Phi) is 7.34. The molecule has 0 radical (unpaired) electrons. The number of carbonyl (C=O) groups excluding carboxylic acids is 2. The maximum absolute atomic E-state index is 14.8. The van der Waals surface area contributed by atoms with E-state index in [1.54, 1.807) is 6.92 Å². The first-order chi connectivity index (χ1) is 17.7. The number of hydrogen-bond acceptors (Lipinski definition) is 5. The molecule has 0 spiro atoms. The van der Waals surface area contributed by atoms with Crippen molar-refractivity contribution in [2.75, 3.05) is 5.75 Å². The molecule has 3 atom stereocenters. The van der Waals surface area contributed by atoms with Crippen LogP contribution in [0.25, 0.3) is 0 Å². The van der Waals surface area contributed by atoms with E-state index >= 15 is 0 Å². The van der Waals surface area contributed by atoms with Crippen LogP contribution in [0.1, 0.15) is 67.1 Å². The van der Waals surface area contributed by atoms with E-state index in [0.717, 1.165) is 6.07 Å². The SMILES string of the molecule is CCS(=O)(=O)c1cccc(C(=O)N2[C@H](C)CC[C@@H]2C(=O)N[C@@H](c2ccc(C(F)(F)F)cc2F)C2(O)CC2)c1. The highest BCUT2D eigenvalue weighted by Crippen LogP contribution is 2.47. The molecular formula is C26H28F4N2O5S. The zero-order chi connectivity index (χ0) is 28.0. The molecule has 206 valence electrons. The average molecular weight is 557 g/mol. The van der Waals surface area contributed by atoms with E-state index in [1.165, 1.54) is 36.1 Å². The van der Waals surface area contributed by atoms with Gasteiger partial charge in [-0.3, -0.25) is 9.59 Å². The van der Waals surface area contributed by atoms with Crippen molar-refractivity contribution >= 4 is 21.7 Å². The topological polar surface area (TPSA) is 104 Å². The normalized spacial score (nSPS) is 21.7. The zero-order valence-corrected chi connectivity index (χ0v) is 21.6. The smallest absolute Gasteiger partial charge is 0.387 e. The molecule has 1 heterocycles. The van der Waals surface area contributed by atoms with Gasteiger partial charge in [0.2, 0.25) is 5.91 Å². The second-order valence-electron chi connectivity index (χ2n) is 9.87. The van der Waals surface area contributed by atoms with Crippen LogP contribution >= 0.6 is 0 Å². The van der Waals surface area contributed by atoms with Gasteiger partial charge in [0, 0.05) is 17.2 Å². The van der Waals surface area contributed by atoms with Gasteiger partial charge in [-0.05, 0) is 62.9 Å². The third kappa shape index (κ3) is 5.42. The molecule has 0 bridgehead atoms. The van der Waals surface area contributed by atoms with Crippen LogP contribution in [0.5, 0.6) is 0 Å². The van der Waals surface area contributed by atoms with Gasteiger partial charge in [-0.1, -0.05) is 19.1 Å². The van der Waals surface area contributed by atoms with E-state index in [0.29, 0.717) is 18.6 Å². The van der Waals surface area contributed by atoms with Gasteiger partial charge in [0.05, 0.1) is 27.9 Å². The first-order valence-electron chi connectivity index (χ1n) is 12.2. The van der Waals surface area contributed by atoms with Crippen molar-refractivity contribution in [3.05, 3.63) is 65.0 Å². The van der Waals surface area contributed by atoms with E-state index in [1.807, 2.05) is 0 Å². The van der Waals surface area contributed by atoms with Gasteiger partial charge in [-0.2, -0.15) is 13.2 Å². The van der Waals surface area contributed by atoms with Gasteiger partial charge in [-0.15, -0.1) is 0 Å². The summed E-state index contributed by atoms with van der Waals surface area (Å²) < 4.78 is 78.4. The minimum atomic E-state index is -4.76. The monoisotopic (exact) mass is 556 g/mol. The Morgan fingerprint density at radius 3 is 2.42 bits per heavy atom. The summed E-state index contributed by atoms with van der Waals surface area (Å²) >= 11 is 0. The number of nitrogens with one attached hydrogen (secondary N) is 1.